The predicted molar refractivity (Wildman–Crippen MR) is 84.2 cm³/mol. The fraction of sp³-hybridized carbons (Fsp3) is 0.400. The first-order valence-electron chi connectivity index (χ1n) is 7.42. The van der Waals surface area contributed by atoms with Crippen molar-refractivity contribution < 1.29 is 14.3 Å². The summed E-state index contributed by atoms with van der Waals surface area (Å²) in [5.41, 5.74) is 0.834. The van der Waals surface area contributed by atoms with Gasteiger partial charge in [0.15, 0.2) is 0 Å². The van der Waals surface area contributed by atoms with Gasteiger partial charge >= 0.3 is 6.01 Å². The third-order valence-corrected chi connectivity index (χ3v) is 3.59. The Hall–Kier alpha value is -2.97. The molecular formula is C15H17N5O4. The molecule has 1 N–H and O–H groups in total. The van der Waals surface area contributed by atoms with Crippen molar-refractivity contribution >= 4 is 11.6 Å². The minimum atomic E-state index is -0.412. The van der Waals surface area contributed by atoms with Gasteiger partial charge in [-0.05, 0) is 12.8 Å². The van der Waals surface area contributed by atoms with Gasteiger partial charge in [0.1, 0.15) is 12.2 Å². The number of methoxy groups -OCH3 is 2. The summed E-state index contributed by atoms with van der Waals surface area (Å²) in [7, 11) is 2.85. The molecule has 1 fully saturated rings. The van der Waals surface area contributed by atoms with Crippen LogP contribution in [0.25, 0.3) is 0 Å². The number of hydrogen-bond donors (Lipinski definition) is 1. The van der Waals surface area contributed by atoms with E-state index in [2.05, 4.69) is 20.3 Å². The number of ether oxygens (including phenoxy) is 2. The molecule has 126 valence electrons. The molecule has 1 aliphatic rings. The van der Waals surface area contributed by atoms with Crippen LogP contribution in [0.15, 0.2) is 23.4 Å². The van der Waals surface area contributed by atoms with E-state index in [4.69, 9.17) is 9.47 Å². The fourth-order valence-corrected chi connectivity index (χ4v) is 2.20. The molecule has 2 aromatic rings. The molecule has 3 rings (SSSR count). The second kappa shape index (κ2) is 6.65. The lowest BCUT2D eigenvalue weighted by molar-refractivity contribution is -0.116. The van der Waals surface area contributed by atoms with Crippen LogP contribution in [0, 0.1) is 0 Å². The number of anilines is 1. The summed E-state index contributed by atoms with van der Waals surface area (Å²) in [4.78, 5) is 36.3. The molecule has 0 saturated heterocycles. The maximum atomic E-state index is 12.1. The maximum absolute atomic E-state index is 12.1. The molecule has 24 heavy (non-hydrogen) atoms. The van der Waals surface area contributed by atoms with E-state index in [0.717, 1.165) is 18.5 Å². The Morgan fingerprint density at radius 1 is 1.33 bits per heavy atom. The number of carbonyl (C=O) groups is 1. The van der Waals surface area contributed by atoms with E-state index in [0.29, 0.717) is 11.6 Å². The Balaban J connectivity index is 1.70. The summed E-state index contributed by atoms with van der Waals surface area (Å²) < 4.78 is 11.2. The van der Waals surface area contributed by atoms with Gasteiger partial charge in [-0.1, -0.05) is 0 Å². The van der Waals surface area contributed by atoms with E-state index in [1.54, 1.807) is 0 Å². The zero-order chi connectivity index (χ0) is 17.1. The van der Waals surface area contributed by atoms with Crippen LogP contribution >= 0.6 is 0 Å². The van der Waals surface area contributed by atoms with Crippen molar-refractivity contribution in [1.29, 1.82) is 0 Å². The van der Waals surface area contributed by atoms with Crippen molar-refractivity contribution in [1.82, 2.24) is 19.5 Å². The first-order valence-corrected chi connectivity index (χ1v) is 7.42. The second-order valence-electron chi connectivity index (χ2n) is 5.38. The largest absolute Gasteiger partial charge is 0.479 e. The van der Waals surface area contributed by atoms with Gasteiger partial charge in [0, 0.05) is 12.0 Å². The number of amides is 1. The number of nitrogens with one attached hydrogen (secondary N) is 1. The van der Waals surface area contributed by atoms with Crippen LogP contribution in [0.2, 0.25) is 0 Å². The van der Waals surface area contributed by atoms with Gasteiger partial charge < -0.3 is 14.8 Å². The highest BCUT2D eigenvalue weighted by Crippen LogP contribution is 2.38. The molecule has 0 aromatic carbocycles. The monoisotopic (exact) mass is 331 g/mol. The summed E-state index contributed by atoms with van der Waals surface area (Å²) >= 11 is 0. The van der Waals surface area contributed by atoms with E-state index in [9.17, 15) is 9.59 Å². The third-order valence-electron chi connectivity index (χ3n) is 3.59. The molecule has 1 aliphatic carbocycles. The molecule has 0 unspecified atom stereocenters. The van der Waals surface area contributed by atoms with Gasteiger partial charge in [0.2, 0.25) is 11.8 Å². The highest BCUT2D eigenvalue weighted by molar-refractivity contribution is 5.91. The lowest BCUT2D eigenvalue weighted by Gasteiger charge is -2.10. The van der Waals surface area contributed by atoms with Crippen LogP contribution in [0.5, 0.6) is 11.9 Å². The van der Waals surface area contributed by atoms with Crippen LogP contribution in [0.4, 0.5) is 5.69 Å². The minimum Gasteiger partial charge on any atom is -0.479 e. The summed E-state index contributed by atoms with van der Waals surface area (Å²) in [6.07, 6.45) is 4.90. The molecule has 0 radical (unpaired) electrons. The summed E-state index contributed by atoms with van der Waals surface area (Å²) in [5, 5.41) is 2.61. The van der Waals surface area contributed by atoms with E-state index >= 15 is 0 Å². The molecule has 0 aliphatic heterocycles. The lowest BCUT2D eigenvalue weighted by atomic mass is 10.3. The van der Waals surface area contributed by atoms with Crippen LogP contribution in [-0.4, -0.2) is 39.6 Å². The highest BCUT2D eigenvalue weighted by Gasteiger charge is 2.25. The smallest absolute Gasteiger partial charge is 0.319 e. The van der Waals surface area contributed by atoms with Crippen molar-refractivity contribution in [3.8, 4) is 11.9 Å². The number of aromatic nitrogens is 4. The predicted octanol–water partition coefficient (Wildman–Crippen LogP) is 0.567. The molecule has 0 atom stereocenters. The second-order valence-corrected chi connectivity index (χ2v) is 5.38. The van der Waals surface area contributed by atoms with Crippen molar-refractivity contribution in [2.24, 2.45) is 0 Å². The Bertz CT molecular complexity index is 816. The Labute approximate surface area is 137 Å². The Morgan fingerprint density at radius 3 is 2.75 bits per heavy atom. The van der Waals surface area contributed by atoms with Crippen LogP contribution in [0.1, 0.15) is 24.5 Å². The molecule has 2 aromatic heterocycles. The van der Waals surface area contributed by atoms with Crippen molar-refractivity contribution in [3.05, 3.63) is 34.6 Å². The number of nitrogens with zero attached hydrogens (tertiary/aromatic N) is 4. The lowest BCUT2D eigenvalue weighted by Crippen LogP contribution is -2.28. The zero-order valence-electron chi connectivity index (χ0n) is 13.4. The van der Waals surface area contributed by atoms with Gasteiger partial charge in [-0.3, -0.25) is 14.2 Å². The van der Waals surface area contributed by atoms with Crippen molar-refractivity contribution in [3.63, 3.8) is 0 Å². The molecular weight excluding hydrogens is 314 g/mol. The van der Waals surface area contributed by atoms with E-state index in [1.165, 1.54) is 37.4 Å². The Kier molecular flexibility index (Phi) is 4.41. The van der Waals surface area contributed by atoms with Gasteiger partial charge in [-0.2, -0.15) is 4.98 Å². The van der Waals surface area contributed by atoms with Gasteiger partial charge in [0.05, 0.1) is 32.4 Å². The fourth-order valence-electron chi connectivity index (χ4n) is 2.20. The van der Waals surface area contributed by atoms with Gasteiger partial charge in [-0.25, -0.2) is 9.97 Å². The third kappa shape index (κ3) is 3.50. The standard InChI is InChI=1S/C15H17N5O4/c1-23-14-11(6-16-15(19-14)24-2)18-12(21)7-20-8-17-10(5-13(20)22)9-3-4-9/h5-6,8-9H,3-4,7H2,1-2H3,(H,18,21). The van der Waals surface area contributed by atoms with Gasteiger partial charge in [-0.15, -0.1) is 0 Å². The first kappa shape index (κ1) is 15.9. The summed E-state index contributed by atoms with van der Waals surface area (Å²) in [5.74, 6) is 0.150. The molecule has 9 heteroatoms. The van der Waals surface area contributed by atoms with E-state index in [1.807, 2.05) is 0 Å². The van der Waals surface area contributed by atoms with E-state index < -0.39 is 5.91 Å². The SMILES string of the molecule is COc1ncc(NC(=O)Cn2cnc(C3CC3)cc2=O)c(OC)n1. The van der Waals surface area contributed by atoms with Crippen LogP contribution in [-0.2, 0) is 11.3 Å². The molecule has 1 saturated carbocycles. The number of rotatable bonds is 6. The van der Waals surface area contributed by atoms with Gasteiger partial charge in [0.25, 0.3) is 5.56 Å². The molecule has 2 heterocycles. The molecule has 1 amide bonds. The quantitative estimate of drug-likeness (QED) is 0.824. The van der Waals surface area contributed by atoms with Crippen LogP contribution in [0.3, 0.4) is 0 Å². The average Bonchev–Trinajstić information content (AvgIpc) is 3.42. The number of carbonyl (C=O) groups excluding carboxylic acids is 1. The first-order chi connectivity index (χ1) is 11.6. The van der Waals surface area contributed by atoms with Crippen molar-refractivity contribution in [2.75, 3.05) is 19.5 Å². The Morgan fingerprint density at radius 2 is 2.12 bits per heavy atom. The minimum absolute atomic E-state index is 0.126. The molecule has 9 nitrogen and oxygen atoms in total. The summed E-state index contributed by atoms with van der Waals surface area (Å²) in [6.45, 7) is -0.161. The number of hydrogen-bond acceptors (Lipinski definition) is 7. The summed E-state index contributed by atoms with van der Waals surface area (Å²) in [6, 6.07) is 1.61. The van der Waals surface area contributed by atoms with Crippen LogP contribution < -0.4 is 20.3 Å². The topological polar surface area (TPSA) is 108 Å². The van der Waals surface area contributed by atoms with E-state index in [-0.39, 0.29) is 24.0 Å². The zero-order valence-corrected chi connectivity index (χ0v) is 13.4. The molecule has 0 bridgehead atoms. The molecule has 0 spiro atoms. The van der Waals surface area contributed by atoms with Crippen molar-refractivity contribution in [2.45, 2.75) is 25.3 Å². The average molecular weight is 331 g/mol. The normalized spacial score (nSPS) is 13.4. The highest BCUT2D eigenvalue weighted by atomic mass is 16.5. The maximum Gasteiger partial charge on any atom is 0.319 e.